The van der Waals surface area contributed by atoms with E-state index in [9.17, 15) is 0 Å². The highest BCUT2D eigenvalue weighted by atomic mass is 127. The molecule has 1 aromatic heterocycles. The summed E-state index contributed by atoms with van der Waals surface area (Å²) >= 11 is 0. The van der Waals surface area contributed by atoms with E-state index in [2.05, 4.69) is 37.7 Å². The van der Waals surface area contributed by atoms with E-state index >= 15 is 0 Å². The highest BCUT2D eigenvalue weighted by Crippen LogP contribution is 2.21. The Hall–Kier alpha value is -0.940. The van der Waals surface area contributed by atoms with E-state index in [-0.39, 0.29) is 24.0 Å². The van der Waals surface area contributed by atoms with Crippen molar-refractivity contribution in [3.8, 4) is 0 Å². The predicted molar refractivity (Wildman–Crippen MR) is 122 cm³/mol. The number of aliphatic imine (C=N–C) groups is 1. The molecule has 0 spiro atoms. The van der Waals surface area contributed by atoms with Gasteiger partial charge in [0.25, 0.3) is 0 Å². The van der Waals surface area contributed by atoms with Crippen LogP contribution in [0.5, 0.6) is 0 Å². The number of aryl methyl sites for hydroxylation is 1. The van der Waals surface area contributed by atoms with Crippen LogP contribution in [0.2, 0.25) is 0 Å². The van der Waals surface area contributed by atoms with Crippen LogP contribution in [-0.4, -0.2) is 72.0 Å². The smallest absolute Gasteiger partial charge is 0.191 e. The van der Waals surface area contributed by atoms with E-state index in [4.69, 9.17) is 4.74 Å². The summed E-state index contributed by atoms with van der Waals surface area (Å²) in [4.78, 5) is 11.4. The SMILES string of the molecule is CN=C(NCCN(C)C1CCCCC1)NC1CCc2nc(COC)nn2C1.I. The normalized spacial score (nSPS) is 20.6. The molecule has 2 aliphatic rings. The van der Waals surface area contributed by atoms with Crippen molar-refractivity contribution >= 4 is 29.9 Å². The molecule has 1 unspecified atom stereocenters. The molecule has 1 atom stereocenters. The molecule has 0 amide bonds. The Kier molecular flexibility index (Phi) is 9.93. The number of hydrogen-bond acceptors (Lipinski definition) is 5. The number of nitrogens with zero attached hydrogens (tertiary/aromatic N) is 5. The number of likely N-dealkylation sites (N-methyl/N-ethyl adjacent to an activating group) is 1. The second-order valence-electron chi connectivity index (χ2n) is 7.71. The molecule has 28 heavy (non-hydrogen) atoms. The van der Waals surface area contributed by atoms with Gasteiger partial charge in [-0.25, -0.2) is 9.67 Å². The van der Waals surface area contributed by atoms with Crippen LogP contribution in [0.15, 0.2) is 4.99 Å². The molecule has 160 valence electrons. The molecule has 0 saturated heterocycles. The Labute approximate surface area is 185 Å². The number of nitrogens with one attached hydrogen (secondary N) is 2. The molecule has 2 heterocycles. The lowest BCUT2D eigenvalue weighted by atomic mass is 9.94. The average molecular weight is 505 g/mol. The number of methoxy groups -OCH3 is 1. The number of halogens is 1. The van der Waals surface area contributed by atoms with Gasteiger partial charge in [0.1, 0.15) is 12.4 Å². The van der Waals surface area contributed by atoms with Gasteiger partial charge in [-0.3, -0.25) is 4.99 Å². The molecule has 8 nitrogen and oxygen atoms in total. The van der Waals surface area contributed by atoms with Gasteiger partial charge in [-0.15, -0.1) is 24.0 Å². The molecule has 0 aromatic carbocycles. The molecular formula is C19H36IN7O. The van der Waals surface area contributed by atoms with Gasteiger partial charge in [-0.1, -0.05) is 19.3 Å². The molecule has 3 rings (SSSR count). The Balaban J connectivity index is 0.00000280. The molecule has 2 N–H and O–H groups in total. The lowest BCUT2D eigenvalue weighted by molar-refractivity contribution is 0.177. The minimum Gasteiger partial charge on any atom is -0.377 e. The van der Waals surface area contributed by atoms with Crippen molar-refractivity contribution in [1.29, 1.82) is 0 Å². The Morgan fingerprint density at radius 3 is 2.79 bits per heavy atom. The number of hydrogen-bond donors (Lipinski definition) is 2. The van der Waals surface area contributed by atoms with Crippen molar-refractivity contribution in [2.24, 2.45) is 4.99 Å². The number of aromatic nitrogens is 3. The average Bonchev–Trinajstić information content (AvgIpc) is 3.09. The number of guanidine groups is 1. The maximum atomic E-state index is 5.13. The maximum absolute atomic E-state index is 5.13. The fourth-order valence-electron chi connectivity index (χ4n) is 4.11. The second kappa shape index (κ2) is 11.9. The van der Waals surface area contributed by atoms with Crippen LogP contribution in [0.1, 0.15) is 50.2 Å². The molecule has 9 heteroatoms. The molecule has 1 saturated carbocycles. The summed E-state index contributed by atoms with van der Waals surface area (Å²) in [5.74, 6) is 2.69. The summed E-state index contributed by atoms with van der Waals surface area (Å²) in [6.45, 7) is 3.24. The molecule has 1 fully saturated rings. The molecule has 1 aliphatic carbocycles. The van der Waals surface area contributed by atoms with E-state index in [1.807, 2.05) is 11.7 Å². The first-order chi connectivity index (χ1) is 13.2. The Bertz CT molecular complexity index is 615. The first-order valence-corrected chi connectivity index (χ1v) is 10.3. The zero-order valence-corrected chi connectivity index (χ0v) is 19.8. The van der Waals surface area contributed by atoms with E-state index in [0.717, 1.165) is 56.1 Å². The van der Waals surface area contributed by atoms with Gasteiger partial charge in [-0.05, 0) is 26.3 Å². The predicted octanol–water partition coefficient (Wildman–Crippen LogP) is 1.79. The number of ether oxygens (including phenoxy) is 1. The fourth-order valence-corrected chi connectivity index (χ4v) is 4.11. The van der Waals surface area contributed by atoms with Gasteiger partial charge in [0.2, 0.25) is 0 Å². The summed E-state index contributed by atoms with van der Waals surface area (Å²) in [7, 11) is 5.76. The summed E-state index contributed by atoms with van der Waals surface area (Å²) in [5.41, 5.74) is 0. The quantitative estimate of drug-likeness (QED) is 0.334. The van der Waals surface area contributed by atoms with Crippen molar-refractivity contribution in [3.63, 3.8) is 0 Å². The van der Waals surface area contributed by atoms with E-state index < -0.39 is 0 Å². The van der Waals surface area contributed by atoms with Gasteiger partial charge in [0.15, 0.2) is 11.8 Å². The highest BCUT2D eigenvalue weighted by molar-refractivity contribution is 14.0. The van der Waals surface area contributed by atoms with Gasteiger partial charge in [-0.2, -0.15) is 5.10 Å². The monoisotopic (exact) mass is 505 g/mol. The third-order valence-electron chi connectivity index (χ3n) is 5.69. The lowest BCUT2D eigenvalue weighted by Gasteiger charge is -2.31. The highest BCUT2D eigenvalue weighted by Gasteiger charge is 2.22. The Morgan fingerprint density at radius 2 is 2.07 bits per heavy atom. The van der Waals surface area contributed by atoms with E-state index in [1.54, 1.807) is 7.11 Å². The van der Waals surface area contributed by atoms with E-state index in [1.165, 1.54) is 32.1 Å². The maximum Gasteiger partial charge on any atom is 0.191 e. The summed E-state index contributed by atoms with van der Waals surface area (Å²) in [6, 6.07) is 1.07. The van der Waals surface area contributed by atoms with E-state index in [0.29, 0.717) is 12.6 Å². The molecular weight excluding hydrogens is 469 g/mol. The minimum absolute atomic E-state index is 0. The lowest BCUT2D eigenvalue weighted by Crippen LogP contribution is -2.49. The third kappa shape index (κ3) is 6.55. The number of fused-ring (bicyclic) bond motifs is 1. The third-order valence-corrected chi connectivity index (χ3v) is 5.69. The molecule has 0 bridgehead atoms. The zero-order valence-electron chi connectivity index (χ0n) is 17.5. The number of rotatable bonds is 7. The van der Waals surface area contributed by atoms with Crippen LogP contribution in [0, 0.1) is 0 Å². The molecule has 0 radical (unpaired) electrons. The molecule has 1 aliphatic heterocycles. The van der Waals surface area contributed by atoms with Crippen molar-refractivity contribution in [1.82, 2.24) is 30.3 Å². The topological polar surface area (TPSA) is 79.6 Å². The largest absolute Gasteiger partial charge is 0.377 e. The first-order valence-electron chi connectivity index (χ1n) is 10.3. The van der Waals surface area contributed by atoms with Crippen molar-refractivity contribution in [2.45, 2.75) is 70.2 Å². The van der Waals surface area contributed by atoms with Gasteiger partial charge < -0.3 is 20.3 Å². The van der Waals surface area contributed by atoms with Crippen LogP contribution >= 0.6 is 24.0 Å². The summed E-state index contributed by atoms with van der Waals surface area (Å²) in [6.07, 6.45) is 8.81. The van der Waals surface area contributed by atoms with Gasteiger partial charge in [0, 0.05) is 45.8 Å². The molecule has 1 aromatic rings. The van der Waals surface area contributed by atoms with Crippen LogP contribution in [0.4, 0.5) is 0 Å². The minimum atomic E-state index is 0. The summed E-state index contributed by atoms with van der Waals surface area (Å²) in [5, 5.41) is 11.5. The van der Waals surface area contributed by atoms with Crippen molar-refractivity contribution < 1.29 is 4.74 Å². The van der Waals surface area contributed by atoms with Gasteiger partial charge >= 0.3 is 0 Å². The second-order valence-corrected chi connectivity index (χ2v) is 7.71. The fraction of sp³-hybridized carbons (Fsp3) is 0.842. The van der Waals surface area contributed by atoms with Crippen LogP contribution in [0.25, 0.3) is 0 Å². The van der Waals surface area contributed by atoms with Crippen LogP contribution in [-0.2, 0) is 24.3 Å². The van der Waals surface area contributed by atoms with Crippen molar-refractivity contribution in [2.75, 3.05) is 34.3 Å². The Morgan fingerprint density at radius 1 is 1.29 bits per heavy atom. The van der Waals surface area contributed by atoms with Gasteiger partial charge in [0.05, 0.1) is 6.54 Å². The zero-order chi connectivity index (χ0) is 19.1. The van der Waals surface area contributed by atoms with Crippen LogP contribution in [0.3, 0.4) is 0 Å². The first kappa shape index (κ1) is 23.3. The van der Waals surface area contributed by atoms with Crippen LogP contribution < -0.4 is 10.6 Å². The summed E-state index contributed by atoms with van der Waals surface area (Å²) < 4.78 is 7.13. The van der Waals surface area contributed by atoms with Crippen molar-refractivity contribution in [3.05, 3.63) is 11.6 Å². The standard InChI is InChI=1S/C19H35N7O.HI/c1-20-19(21-11-12-25(2)16-7-5-4-6-8-16)22-15-9-10-18-23-17(14-27-3)24-26(18)13-15;/h15-16H,4-14H2,1-3H3,(H2,20,21,22);1H.